The Kier molecular flexibility index (Phi) is 2.12. The number of rotatable bonds is 2. The van der Waals surface area contributed by atoms with Crippen LogP contribution in [-0.4, -0.2) is 15.3 Å². The summed E-state index contributed by atoms with van der Waals surface area (Å²) in [4.78, 5) is 0. The van der Waals surface area contributed by atoms with Crippen molar-refractivity contribution < 1.29 is 9.84 Å². The maximum absolute atomic E-state index is 8.84. The zero-order chi connectivity index (χ0) is 9.26. The Bertz CT molecular complexity index is 328. The number of ether oxygens (including phenoxy) is 1. The molecule has 0 aromatic carbocycles. The normalized spacial score (nSPS) is 20.0. The van der Waals surface area contributed by atoms with E-state index in [9.17, 15) is 0 Å². The number of nitrogens with zero attached hydrogens (tertiary/aromatic N) is 1. The smallest absolute Gasteiger partial charge is 0.215 e. The Hall–Kier alpha value is -1.20. The van der Waals surface area contributed by atoms with Gasteiger partial charge in [0, 0.05) is 6.20 Å². The summed E-state index contributed by atoms with van der Waals surface area (Å²) in [5.41, 5.74) is 1.05. The zero-order valence-corrected chi connectivity index (χ0v) is 7.38. The van der Waals surface area contributed by atoms with Gasteiger partial charge in [0.05, 0.1) is 17.3 Å². The first-order valence-electron chi connectivity index (χ1n) is 3.73. The minimum Gasteiger partial charge on any atom is -0.471 e. The largest absolute Gasteiger partial charge is 0.471 e. The Morgan fingerprint density at radius 3 is 3.08 bits per heavy atom. The molecule has 6 heteroatoms. The average Bonchev–Trinajstić information content (AvgIpc) is 2.72. The van der Waals surface area contributed by atoms with Crippen LogP contribution in [0.1, 0.15) is 17.6 Å². The molecule has 0 aliphatic carbocycles. The first-order chi connectivity index (χ1) is 6.33. The molecule has 0 spiro atoms. The molecule has 3 N–H and O–H groups in total. The molecule has 2 heterocycles. The van der Waals surface area contributed by atoms with Crippen LogP contribution in [0.5, 0.6) is 0 Å². The molecule has 1 aliphatic rings. The van der Waals surface area contributed by atoms with E-state index in [4.69, 9.17) is 21.4 Å². The molecule has 1 aliphatic heterocycles. The summed E-state index contributed by atoms with van der Waals surface area (Å²) in [6.45, 7) is -0.161. The van der Waals surface area contributed by atoms with Gasteiger partial charge in [-0.05, 0) is 0 Å². The van der Waals surface area contributed by atoms with Crippen molar-refractivity contribution in [3.05, 3.63) is 28.9 Å². The number of H-pyrrole nitrogens is 1. The Morgan fingerprint density at radius 1 is 1.69 bits per heavy atom. The van der Waals surface area contributed by atoms with E-state index in [-0.39, 0.29) is 12.8 Å². The Balaban J connectivity index is 2.25. The summed E-state index contributed by atoms with van der Waals surface area (Å²) in [5.74, 6) is 0. The third-order valence-electron chi connectivity index (χ3n) is 1.74. The monoisotopic (exact) mass is 201 g/mol. The minimum atomic E-state index is -0.357. The Morgan fingerprint density at radius 2 is 2.54 bits per heavy atom. The van der Waals surface area contributed by atoms with Crippen molar-refractivity contribution in [3.63, 3.8) is 0 Å². The second-order valence-electron chi connectivity index (χ2n) is 2.55. The van der Waals surface area contributed by atoms with Crippen molar-refractivity contribution in [2.24, 2.45) is 0 Å². The van der Waals surface area contributed by atoms with Gasteiger partial charge in [-0.25, -0.2) is 0 Å². The van der Waals surface area contributed by atoms with Gasteiger partial charge >= 0.3 is 0 Å². The fraction of sp³-hybridized carbons (Fsp3) is 0.286. The van der Waals surface area contributed by atoms with Gasteiger partial charge in [-0.3, -0.25) is 5.10 Å². The van der Waals surface area contributed by atoms with Crippen molar-refractivity contribution in [1.29, 1.82) is 0 Å². The summed E-state index contributed by atoms with van der Waals surface area (Å²) in [7, 11) is 0. The van der Waals surface area contributed by atoms with Gasteiger partial charge < -0.3 is 15.2 Å². The van der Waals surface area contributed by atoms with Gasteiger partial charge in [0.25, 0.3) is 0 Å². The highest BCUT2D eigenvalue weighted by molar-refractivity contribution is 6.31. The van der Waals surface area contributed by atoms with Crippen molar-refractivity contribution in [2.45, 2.75) is 12.8 Å². The van der Waals surface area contributed by atoms with E-state index in [2.05, 4.69) is 15.5 Å². The number of aliphatic hydroxyl groups is 1. The van der Waals surface area contributed by atoms with Crippen LogP contribution in [0.15, 0.2) is 12.5 Å². The summed E-state index contributed by atoms with van der Waals surface area (Å²) >= 11 is 5.90. The summed E-state index contributed by atoms with van der Waals surface area (Å²) in [6.07, 6.45) is 2.83. The molecule has 0 saturated carbocycles. The molecule has 0 fully saturated rings. The van der Waals surface area contributed by atoms with Crippen LogP contribution in [0.2, 0.25) is 5.02 Å². The molecule has 0 saturated heterocycles. The lowest BCUT2D eigenvalue weighted by Crippen LogP contribution is -2.12. The molecule has 1 atom stereocenters. The molecular formula is C7H8ClN3O2. The zero-order valence-electron chi connectivity index (χ0n) is 6.62. The van der Waals surface area contributed by atoms with Crippen molar-refractivity contribution in [3.8, 4) is 0 Å². The minimum absolute atomic E-state index is 0.161. The first kappa shape index (κ1) is 8.40. The third-order valence-corrected chi connectivity index (χ3v) is 2.16. The van der Waals surface area contributed by atoms with E-state index in [0.29, 0.717) is 16.4 Å². The van der Waals surface area contributed by atoms with Crippen LogP contribution in [0.4, 0.5) is 0 Å². The third kappa shape index (κ3) is 1.36. The van der Waals surface area contributed by atoms with Crippen LogP contribution in [0.3, 0.4) is 0 Å². The van der Waals surface area contributed by atoms with Gasteiger partial charge in [0.1, 0.15) is 12.0 Å². The number of halogens is 1. The molecule has 5 nitrogen and oxygen atoms in total. The maximum atomic E-state index is 8.84. The van der Waals surface area contributed by atoms with E-state index < -0.39 is 0 Å². The van der Waals surface area contributed by atoms with E-state index in [1.165, 1.54) is 6.26 Å². The SMILES string of the molecule is OCc1[nH]nc(C2NC=CO2)c1Cl. The van der Waals surface area contributed by atoms with Crippen LogP contribution >= 0.6 is 11.6 Å². The number of hydrogen-bond acceptors (Lipinski definition) is 4. The van der Waals surface area contributed by atoms with E-state index in [1.54, 1.807) is 6.20 Å². The second kappa shape index (κ2) is 3.27. The number of aromatic nitrogens is 2. The molecule has 70 valence electrons. The second-order valence-corrected chi connectivity index (χ2v) is 2.92. The van der Waals surface area contributed by atoms with E-state index in [1.807, 2.05) is 0 Å². The van der Waals surface area contributed by atoms with Crippen molar-refractivity contribution in [1.82, 2.24) is 15.5 Å². The maximum Gasteiger partial charge on any atom is 0.215 e. The molecule has 1 aromatic rings. The summed E-state index contributed by atoms with van der Waals surface area (Å²) in [6, 6.07) is 0. The van der Waals surface area contributed by atoms with Crippen molar-refractivity contribution >= 4 is 11.6 Å². The molecule has 0 amide bonds. The van der Waals surface area contributed by atoms with Crippen LogP contribution in [-0.2, 0) is 11.3 Å². The molecule has 2 rings (SSSR count). The average molecular weight is 202 g/mol. The number of aliphatic hydroxyl groups excluding tert-OH is 1. The topological polar surface area (TPSA) is 70.2 Å². The quantitative estimate of drug-likeness (QED) is 0.657. The van der Waals surface area contributed by atoms with E-state index >= 15 is 0 Å². The number of nitrogens with one attached hydrogen (secondary N) is 2. The number of aromatic amines is 1. The predicted molar refractivity (Wildman–Crippen MR) is 45.6 cm³/mol. The molecule has 1 aromatic heterocycles. The molecule has 1 unspecified atom stereocenters. The lowest BCUT2D eigenvalue weighted by Gasteiger charge is -2.07. The van der Waals surface area contributed by atoms with Crippen LogP contribution < -0.4 is 5.32 Å². The number of hydrogen-bond donors (Lipinski definition) is 3. The van der Waals surface area contributed by atoms with Gasteiger partial charge in [-0.1, -0.05) is 11.6 Å². The highest BCUT2D eigenvalue weighted by Crippen LogP contribution is 2.26. The summed E-state index contributed by atoms with van der Waals surface area (Å²) < 4.78 is 5.14. The molecule has 13 heavy (non-hydrogen) atoms. The molecule has 0 radical (unpaired) electrons. The lowest BCUT2D eigenvalue weighted by atomic mass is 10.3. The highest BCUT2D eigenvalue weighted by atomic mass is 35.5. The fourth-order valence-corrected chi connectivity index (χ4v) is 1.33. The lowest BCUT2D eigenvalue weighted by molar-refractivity contribution is 0.150. The van der Waals surface area contributed by atoms with Gasteiger partial charge in [0.2, 0.25) is 6.23 Å². The van der Waals surface area contributed by atoms with Gasteiger partial charge in [-0.15, -0.1) is 0 Å². The Labute approximate surface area is 79.4 Å². The molecular weight excluding hydrogens is 194 g/mol. The van der Waals surface area contributed by atoms with Crippen LogP contribution in [0.25, 0.3) is 0 Å². The summed E-state index contributed by atoms with van der Waals surface area (Å²) in [5, 5.41) is 18.7. The van der Waals surface area contributed by atoms with Gasteiger partial charge in [0.15, 0.2) is 0 Å². The van der Waals surface area contributed by atoms with Gasteiger partial charge in [-0.2, -0.15) is 5.10 Å². The highest BCUT2D eigenvalue weighted by Gasteiger charge is 2.21. The standard InChI is InChI=1S/C7H8ClN3O2/c8-5-4(3-12)10-11-6(5)7-9-1-2-13-7/h1-2,7,9,12H,3H2,(H,10,11). The molecule has 0 bridgehead atoms. The predicted octanol–water partition coefficient (Wildman–Crippen LogP) is 0.645. The van der Waals surface area contributed by atoms with E-state index in [0.717, 1.165) is 0 Å². The first-order valence-corrected chi connectivity index (χ1v) is 4.10. The van der Waals surface area contributed by atoms with Crippen LogP contribution in [0, 0.1) is 0 Å². The van der Waals surface area contributed by atoms with Crippen molar-refractivity contribution in [2.75, 3.05) is 0 Å². The fourth-order valence-electron chi connectivity index (χ4n) is 1.09.